The van der Waals surface area contributed by atoms with E-state index in [0.717, 1.165) is 54.4 Å². The highest BCUT2D eigenvalue weighted by atomic mass is 16.5. The van der Waals surface area contributed by atoms with Gasteiger partial charge in [-0.05, 0) is 17.7 Å². The first kappa shape index (κ1) is 16.8. The zero-order valence-corrected chi connectivity index (χ0v) is 14.9. The average molecular weight is 349 g/mol. The Morgan fingerprint density at radius 3 is 2.92 bits per heavy atom. The average Bonchev–Trinajstić information content (AvgIpc) is 3.12. The lowest BCUT2D eigenvalue weighted by Crippen LogP contribution is -2.30. The summed E-state index contributed by atoms with van der Waals surface area (Å²) in [5.41, 5.74) is 5.44. The lowest BCUT2D eigenvalue weighted by molar-refractivity contribution is 0.238. The minimum atomic E-state index is 0.0426. The molecule has 0 unspecified atom stereocenters. The zero-order valence-electron chi connectivity index (χ0n) is 14.9. The first-order valence-corrected chi connectivity index (χ1v) is 8.89. The Bertz CT molecular complexity index is 904. The number of nitrogens with one attached hydrogen (secondary N) is 1. The molecule has 0 saturated heterocycles. The molecule has 0 saturated carbocycles. The van der Waals surface area contributed by atoms with E-state index >= 15 is 0 Å². The van der Waals surface area contributed by atoms with Gasteiger partial charge in [-0.25, -0.2) is 4.98 Å². The number of fused-ring (bicyclic) bond motifs is 1. The summed E-state index contributed by atoms with van der Waals surface area (Å²) in [4.78, 5) is 10.7. The van der Waals surface area contributed by atoms with Crippen molar-refractivity contribution in [1.82, 2.24) is 14.9 Å². The molecular formula is C21H23N3O2. The monoisotopic (exact) mass is 349 g/mol. The first-order chi connectivity index (χ1) is 12.8. The van der Waals surface area contributed by atoms with Gasteiger partial charge in [0.1, 0.15) is 11.6 Å². The third-order valence-electron chi connectivity index (χ3n) is 4.88. The highest BCUT2D eigenvalue weighted by molar-refractivity contribution is 5.57. The maximum Gasteiger partial charge on any atom is 0.137 e. The van der Waals surface area contributed by atoms with Gasteiger partial charge < -0.3 is 14.8 Å². The SMILES string of the molecule is COc1ccccc1CN1CCc2nc(-c3cccc(CO)c3)[nH]c2C1. The molecule has 0 radical (unpaired) electrons. The Balaban J connectivity index is 1.53. The van der Waals surface area contributed by atoms with E-state index in [2.05, 4.69) is 22.0 Å². The number of aliphatic hydroxyl groups excluding tert-OH is 1. The fraction of sp³-hybridized carbons (Fsp3) is 0.286. The van der Waals surface area contributed by atoms with Crippen LogP contribution in [0.15, 0.2) is 48.5 Å². The number of rotatable bonds is 5. The van der Waals surface area contributed by atoms with Crippen LogP contribution in [0.25, 0.3) is 11.4 Å². The number of imidazole rings is 1. The molecule has 134 valence electrons. The molecule has 0 atom stereocenters. The molecule has 0 fully saturated rings. The molecule has 2 N–H and O–H groups in total. The molecule has 0 aliphatic carbocycles. The van der Waals surface area contributed by atoms with E-state index in [-0.39, 0.29) is 6.61 Å². The summed E-state index contributed by atoms with van der Waals surface area (Å²) >= 11 is 0. The van der Waals surface area contributed by atoms with Crippen LogP contribution in [0.1, 0.15) is 22.5 Å². The number of aliphatic hydroxyl groups is 1. The normalized spacial score (nSPS) is 14.2. The van der Waals surface area contributed by atoms with Crippen molar-refractivity contribution in [2.75, 3.05) is 13.7 Å². The van der Waals surface area contributed by atoms with Crippen LogP contribution in [0.4, 0.5) is 0 Å². The van der Waals surface area contributed by atoms with E-state index in [0.29, 0.717) is 0 Å². The number of para-hydroxylation sites is 1. The highest BCUT2D eigenvalue weighted by Crippen LogP contribution is 2.26. The van der Waals surface area contributed by atoms with Crippen molar-refractivity contribution in [2.45, 2.75) is 26.1 Å². The van der Waals surface area contributed by atoms with E-state index in [4.69, 9.17) is 9.72 Å². The van der Waals surface area contributed by atoms with Gasteiger partial charge in [0, 0.05) is 37.2 Å². The molecule has 3 aromatic rings. The summed E-state index contributed by atoms with van der Waals surface area (Å²) < 4.78 is 5.47. The third kappa shape index (κ3) is 3.36. The second-order valence-electron chi connectivity index (χ2n) is 6.64. The molecule has 0 bridgehead atoms. The Kier molecular flexibility index (Phi) is 4.73. The van der Waals surface area contributed by atoms with Crippen molar-refractivity contribution in [3.63, 3.8) is 0 Å². The van der Waals surface area contributed by atoms with Crippen molar-refractivity contribution in [1.29, 1.82) is 0 Å². The topological polar surface area (TPSA) is 61.4 Å². The Morgan fingerprint density at radius 2 is 2.08 bits per heavy atom. The summed E-state index contributed by atoms with van der Waals surface area (Å²) in [5, 5.41) is 9.34. The van der Waals surface area contributed by atoms with Crippen molar-refractivity contribution in [3.05, 3.63) is 71.0 Å². The Hall–Kier alpha value is -2.63. The maximum absolute atomic E-state index is 9.34. The van der Waals surface area contributed by atoms with Gasteiger partial charge in [0.15, 0.2) is 0 Å². The second-order valence-corrected chi connectivity index (χ2v) is 6.64. The first-order valence-electron chi connectivity index (χ1n) is 8.89. The number of benzene rings is 2. The number of methoxy groups -OCH3 is 1. The van der Waals surface area contributed by atoms with Crippen LogP contribution in [0.3, 0.4) is 0 Å². The van der Waals surface area contributed by atoms with E-state index < -0.39 is 0 Å². The Morgan fingerprint density at radius 1 is 1.19 bits per heavy atom. The van der Waals surface area contributed by atoms with Gasteiger partial charge >= 0.3 is 0 Å². The van der Waals surface area contributed by atoms with E-state index in [9.17, 15) is 5.11 Å². The van der Waals surface area contributed by atoms with E-state index in [1.807, 2.05) is 36.4 Å². The van der Waals surface area contributed by atoms with Gasteiger partial charge in [-0.3, -0.25) is 4.90 Å². The summed E-state index contributed by atoms with van der Waals surface area (Å²) in [5.74, 6) is 1.81. The quantitative estimate of drug-likeness (QED) is 0.743. The smallest absolute Gasteiger partial charge is 0.137 e. The Labute approximate surface area is 153 Å². The lowest BCUT2D eigenvalue weighted by atomic mass is 10.1. The number of H-pyrrole nitrogens is 1. The molecule has 5 nitrogen and oxygen atoms in total. The van der Waals surface area contributed by atoms with Gasteiger partial charge in [0.2, 0.25) is 0 Å². The van der Waals surface area contributed by atoms with Crippen LogP contribution in [0.5, 0.6) is 5.75 Å². The van der Waals surface area contributed by atoms with Crippen LogP contribution < -0.4 is 4.74 Å². The van der Waals surface area contributed by atoms with Crippen LogP contribution in [0, 0.1) is 0 Å². The van der Waals surface area contributed by atoms with Gasteiger partial charge in [0.25, 0.3) is 0 Å². The van der Waals surface area contributed by atoms with Crippen molar-refractivity contribution < 1.29 is 9.84 Å². The van der Waals surface area contributed by atoms with Gasteiger partial charge in [0.05, 0.1) is 25.1 Å². The van der Waals surface area contributed by atoms with Crippen molar-refractivity contribution in [2.24, 2.45) is 0 Å². The van der Waals surface area contributed by atoms with Crippen LogP contribution in [0.2, 0.25) is 0 Å². The predicted molar refractivity (Wildman–Crippen MR) is 101 cm³/mol. The predicted octanol–water partition coefficient (Wildman–Crippen LogP) is 3.14. The van der Waals surface area contributed by atoms with Crippen LogP contribution in [-0.4, -0.2) is 33.6 Å². The van der Waals surface area contributed by atoms with Crippen molar-refractivity contribution in [3.8, 4) is 17.1 Å². The molecule has 1 aromatic heterocycles. The number of hydrogen-bond donors (Lipinski definition) is 2. The molecule has 1 aliphatic rings. The summed E-state index contributed by atoms with van der Waals surface area (Å²) in [7, 11) is 1.72. The fourth-order valence-corrected chi connectivity index (χ4v) is 3.51. The highest BCUT2D eigenvalue weighted by Gasteiger charge is 2.21. The van der Waals surface area contributed by atoms with Gasteiger partial charge in [-0.15, -0.1) is 0 Å². The second kappa shape index (κ2) is 7.32. The molecule has 0 spiro atoms. The molecule has 26 heavy (non-hydrogen) atoms. The van der Waals surface area contributed by atoms with E-state index in [1.165, 1.54) is 11.3 Å². The third-order valence-corrected chi connectivity index (χ3v) is 4.88. The molecular weight excluding hydrogens is 326 g/mol. The number of aromatic amines is 1. The van der Waals surface area contributed by atoms with E-state index in [1.54, 1.807) is 7.11 Å². The maximum atomic E-state index is 9.34. The lowest BCUT2D eigenvalue weighted by Gasteiger charge is -2.26. The van der Waals surface area contributed by atoms with Crippen LogP contribution >= 0.6 is 0 Å². The summed E-state index contributed by atoms with van der Waals surface area (Å²) in [6.07, 6.45) is 0.931. The minimum Gasteiger partial charge on any atom is -0.496 e. The van der Waals surface area contributed by atoms with Crippen LogP contribution in [-0.2, 0) is 26.1 Å². The standard InChI is InChI=1S/C21H23N3O2/c1-26-20-8-3-2-6-17(20)12-24-10-9-18-19(13-24)23-21(22-18)16-7-4-5-15(11-16)14-25/h2-8,11,25H,9-10,12-14H2,1H3,(H,22,23). The van der Waals surface area contributed by atoms with Gasteiger partial charge in [-0.1, -0.05) is 36.4 Å². The molecule has 0 amide bonds. The number of nitrogens with zero attached hydrogens (tertiary/aromatic N) is 2. The molecule has 2 heterocycles. The zero-order chi connectivity index (χ0) is 17.9. The largest absolute Gasteiger partial charge is 0.496 e. The number of aromatic nitrogens is 2. The fourth-order valence-electron chi connectivity index (χ4n) is 3.51. The summed E-state index contributed by atoms with van der Waals surface area (Å²) in [6.45, 7) is 2.73. The molecule has 5 heteroatoms. The summed E-state index contributed by atoms with van der Waals surface area (Å²) in [6, 6.07) is 16.1. The number of ether oxygens (including phenoxy) is 1. The number of hydrogen-bond acceptors (Lipinski definition) is 4. The minimum absolute atomic E-state index is 0.0426. The molecule has 1 aliphatic heterocycles. The molecule has 4 rings (SSSR count). The van der Waals surface area contributed by atoms with Gasteiger partial charge in [-0.2, -0.15) is 0 Å². The van der Waals surface area contributed by atoms with Crippen molar-refractivity contribution >= 4 is 0 Å². The molecule has 2 aromatic carbocycles.